The number of carbonyl (C=O) groups is 2. The Morgan fingerprint density at radius 1 is 1.10 bits per heavy atom. The molecule has 0 spiro atoms. The van der Waals surface area contributed by atoms with Gasteiger partial charge in [-0.25, -0.2) is 13.2 Å². The van der Waals surface area contributed by atoms with E-state index in [4.69, 9.17) is 4.74 Å². The van der Waals surface area contributed by atoms with Crippen molar-refractivity contribution < 1.29 is 22.7 Å². The molecule has 1 atom stereocenters. The normalized spacial score (nSPS) is 12.8. The fourth-order valence-corrected chi connectivity index (χ4v) is 4.52. The van der Waals surface area contributed by atoms with Crippen LogP contribution in [0.3, 0.4) is 0 Å². The van der Waals surface area contributed by atoms with Crippen LogP contribution >= 0.6 is 0 Å². The zero-order valence-corrected chi connectivity index (χ0v) is 18.5. The van der Waals surface area contributed by atoms with E-state index in [1.165, 1.54) is 28.1 Å². The number of hydrogen-bond donors (Lipinski definition) is 0. The van der Waals surface area contributed by atoms with Gasteiger partial charge in [0.25, 0.3) is 0 Å². The van der Waals surface area contributed by atoms with E-state index in [1.807, 2.05) is 19.9 Å². The second kappa shape index (κ2) is 8.92. The van der Waals surface area contributed by atoms with Gasteiger partial charge in [0.1, 0.15) is 10.6 Å². The fourth-order valence-electron chi connectivity index (χ4n) is 2.99. The van der Waals surface area contributed by atoms with Gasteiger partial charge < -0.3 is 9.30 Å². The quantitative estimate of drug-likeness (QED) is 0.484. The van der Waals surface area contributed by atoms with E-state index in [1.54, 1.807) is 33.0 Å². The topological polar surface area (TPSA) is 85.7 Å². The Kier molecular flexibility index (Phi) is 7.02. The van der Waals surface area contributed by atoms with Crippen LogP contribution in [0.4, 0.5) is 0 Å². The number of rotatable bonds is 8. The van der Waals surface area contributed by atoms with Crippen LogP contribution in [0.2, 0.25) is 0 Å². The number of esters is 1. The lowest BCUT2D eigenvalue weighted by Crippen LogP contribution is -2.30. The number of ketones is 1. The summed E-state index contributed by atoms with van der Waals surface area (Å²) in [6, 6.07) is 6.59. The maximum atomic E-state index is 12.7. The fraction of sp³-hybridized carbons (Fsp3) is 0.429. The smallest absolute Gasteiger partial charge is 0.355 e. The number of aryl methyl sites for hydroxylation is 3. The number of sulfonamides is 1. The highest BCUT2D eigenvalue weighted by Gasteiger charge is 2.27. The Morgan fingerprint density at radius 2 is 1.72 bits per heavy atom. The number of carbonyl (C=O) groups excluding carboxylic acids is 2. The minimum atomic E-state index is -3.70. The van der Waals surface area contributed by atoms with E-state index in [0.717, 1.165) is 11.1 Å². The molecule has 1 unspecified atom stereocenters. The molecule has 0 saturated carbocycles. The number of hydrogen-bond acceptors (Lipinski definition) is 5. The Morgan fingerprint density at radius 3 is 2.28 bits per heavy atom. The van der Waals surface area contributed by atoms with Crippen molar-refractivity contribution in [2.24, 2.45) is 7.05 Å². The molecule has 0 aliphatic heterocycles. The molecule has 0 saturated heterocycles. The molecule has 0 aliphatic carbocycles. The van der Waals surface area contributed by atoms with Crippen LogP contribution in [0.1, 0.15) is 52.7 Å². The molecule has 0 radical (unpaired) electrons. The summed E-state index contributed by atoms with van der Waals surface area (Å²) in [7, 11) is -2.13. The molecular weight excluding hydrogens is 392 g/mol. The Labute approximate surface area is 172 Å². The first kappa shape index (κ1) is 22.8. The minimum absolute atomic E-state index is 0.0174. The van der Waals surface area contributed by atoms with Gasteiger partial charge in [-0.1, -0.05) is 26.0 Å². The average molecular weight is 421 g/mol. The van der Waals surface area contributed by atoms with Crippen molar-refractivity contribution in [1.29, 1.82) is 0 Å². The van der Waals surface area contributed by atoms with Crippen LogP contribution in [0.25, 0.3) is 0 Å². The molecule has 0 N–H and O–H groups in total. The molecule has 7 nitrogen and oxygen atoms in total. The molecule has 0 amide bonds. The molecular formula is C21H28N2O5S. The van der Waals surface area contributed by atoms with E-state index in [2.05, 4.69) is 0 Å². The average Bonchev–Trinajstić information content (AvgIpc) is 3.06. The first-order valence-electron chi connectivity index (χ1n) is 9.51. The van der Waals surface area contributed by atoms with E-state index in [9.17, 15) is 18.0 Å². The maximum Gasteiger partial charge on any atom is 0.355 e. The lowest BCUT2D eigenvalue weighted by Gasteiger charge is -2.17. The summed E-state index contributed by atoms with van der Waals surface area (Å²) in [5.41, 5.74) is 2.57. The third kappa shape index (κ3) is 4.76. The monoisotopic (exact) mass is 420 g/mol. The second-order valence-electron chi connectivity index (χ2n) is 6.97. The number of nitrogens with zero attached hydrogens (tertiary/aromatic N) is 2. The van der Waals surface area contributed by atoms with Crippen LogP contribution < -0.4 is 0 Å². The van der Waals surface area contributed by atoms with Gasteiger partial charge in [-0.2, -0.15) is 4.31 Å². The third-order valence-electron chi connectivity index (χ3n) is 4.98. The third-order valence-corrected chi connectivity index (χ3v) is 6.99. The Hall–Kier alpha value is -2.45. The van der Waals surface area contributed by atoms with E-state index in [0.29, 0.717) is 18.7 Å². The summed E-state index contributed by atoms with van der Waals surface area (Å²) in [6.07, 6.45) is 0.377. The van der Waals surface area contributed by atoms with Gasteiger partial charge in [0, 0.05) is 31.9 Å². The molecule has 158 valence electrons. The van der Waals surface area contributed by atoms with Crippen molar-refractivity contribution >= 4 is 21.8 Å². The van der Waals surface area contributed by atoms with Gasteiger partial charge in [-0.3, -0.25) is 4.79 Å². The van der Waals surface area contributed by atoms with Gasteiger partial charge in [0.2, 0.25) is 15.8 Å². The van der Waals surface area contributed by atoms with Crippen molar-refractivity contribution in [3.8, 4) is 0 Å². The summed E-state index contributed by atoms with van der Waals surface area (Å²) in [4.78, 5) is 25.2. The van der Waals surface area contributed by atoms with E-state index < -0.39 is 22.1 Å². The Balaban J connectivity index is 2.21. The van der Waals surface area contributed by atoms with Crippen LogP contribution in [0, 0.1) is 13.8 Å². The summed E-state index contributed by atoms with van der Waals surface area (Å²) < 4.78 is 33.4. The van der Waals surface area contributed by atoms with Gasteiger partial charge in [-0.15, -0.1) is 0 Å². The molecule has 0 aliphatic rings. The van der Waals surface area contributed by atoms with Crippen molar-refractivity contribution in [2.45, 2.75) is 45.6 Å². The molecule has 2 rings (SSSR count). The summed E-state index contributed by atoms with van der Waals surface area (Å²) >= 11 is 0. The van der Waals surface area contributed by atoms with E-state index >= 15 is 0 Å². The van der Waals surface area contributed by atoms with Crippen molar-refractivity contribution in [3.63, 3.8) is 0 Å². The van der Waals surface area contributed by atoms with Crippen LogP contribution in [-0.4, -0.2) is 48.2 Å². The van der Waals surface area contributed by atoms with Gasteiger partial charge >= 0.3 is 5.97 Å². The SMILES string of the molecule is CCN(CC)S(=O)(=O)c1cc(C(=O)OC(C)C(=O)c2ccc(C)c(C)c2)n(C)c1. The lowest BCUT2D eigenvalue weighted by atomic mass is 10.0. The largest absolute Gasteiger partial charge is 0.450 e. The Bertz CT molecular complexity index is 1020. The standard InChI is InChI=1S/C21H28N2O5S/c1-7-23(8-2)29(26,27)18-12-19(22(6)13-18)21(25)28-16(5)20(24)17-10-9-14(3)15(4)11-17/h9-13,16H,7-8H2,1-6H3. The first-order chi connectivity index (χ1) is 13.5. The molecule has 0 bridgehead atoms. The molecule has 29 heavy (non-hydrogen) atoms. The van der Waals surface area contributed by atoms with Crippen molar-refractivity contribution in [2.75, 3.05) is 13.1 Å². The van der Waals surface area contributed by atoms with Crippen molar-refractivity contribution in [1.82, 2.24) is 8.87 Å². The molecule has 1 heterocycles. The highest BCUT2D eigenvalue weighted by Crippen LogP contribution is 2.20. The van der Waals surface area contributed by atoms with Crippen molar-refractivity contribution in [3.05, 3.63) is 52.8 Å². The molecule has 2 aromatic rings. The van der Waals surface area contributed by atoms with Crippen LogP contribution in [-0.2, 0) is 21.8 Å². The summed E-state index contributed by atoms with van der Waals surface area (Å²) in [5.74, 6) is -1.06. The number of benzene rings is 1. The molecule has 0 fully saturated rings. The zero-order chi connectivity index (χ0) is 21.9. The number of Topliss-reactive ketones (excluding diaryl/α,β-unsaturated/α-hetero) is 1. The van der Waals surface area contributed by atoms with Gasteiger partial charge in [-0.05, 0) is 44.0 Å². The number of aromatic nitrogens is 1. The van der Waals surface area contributed by atoms with E-state index in [-0.39, 0.29) is 16.4 Å². The second-order valence-corrected chi connectivity index (χ2v) is 8.91. The highest BCUT2D eigenvalue weighted by atomic mass is 32.2. The molecule has 1 aromatic carbocycles. The maximum absolute atomic E-state index is 12.7. The minimum Gasteiger partial charge on any atom is -0.450 e. The number of ether oxygens (including phenoxy) is 1. The van der Waals surface area contributed by atoms with Gasteiger partial charge in [0.15, 0.2) is 6.10 Å². The van der Waals surface area contributed by atoms with Gasteiger partial charge in [0.05, 0.1) is 0 Å². The predicted octanol–water partition coefficient (Wildman–Crippen LogP) is 3.10. The first-order valence-corrected chi connectivity index (χ1v) is 11.0. The summed E-state index contributed by atoms with van der Waals surface area (Å²) in [6.45, 7) is 9.52. The summed E-state index contributed by atoms with van der Waals surface area (Å²) in [5, 5.41) is 0. The molecule has 1 aromatic heterocycles. The van der Waals surface area contributed by atoms with Crippen LogP contribution in [0.5, 0.6) is 0 Å². The molecule has 8 heteroatoms. The van der Waals surface area contributed by atoms with Crippen LogP contribution in [0.15, 0.2) is 35.4 Å². The highest BCUT2D eigenvalue weighted by molar-refractivity contribution is 7.89. The lowest BCUT2D eigenvalue weighted by molar-refractivity contribution is 0.0309. The zero-order valence-electron chi connectivity index (χ0n) is 17.7. The predicted molar refractivity (Wildman–Crippen MR) is 111 cm³/mol.